The van der Waals surface area contributed by atoms with Crippen LogP contribution in [0, 0.1) is 35.0 Å². The van der Waals surface area contributed by atoms with E-state index in [0.717, 1.165) is 30.3 Å². The van der Waals surface area contributed by atoms with E-state index in [0.29, 0.717) is 25.2 Å². The molecule has 0 spiro atoms. The van der Waals surface area contributed by atoms with Gasteiger partial charge in [0.1, 0.15) is 0 Å². The van der Waals surface area contributed by atoms with Gasteiger partial charge < -0.3 is 14.2 Å². The summed E-state index contributed by atoms with van der Waals surface area (Å²) in [6, 6.07) is 0. The molecule has 3 nitrogen and oxygen atoms in total. The molecule has 0 saturated heterocycles. The number of hydrogen-bond acceptors (Lipinski definition) is 3. The van der Waals surface area contributed by atoms with Gasteiger partial charge in [-0.25, -0.2) is 0 Å². The van der Waals surface area contributed by atoms with Gasteiger partial charge in [-0.3, -0.25) is 0 Å². The monoisotopic (exact) mass is 310 g/mol. The number of methoxy groups -OCH3 is 2. The average molecular weight is 310 g/mol. The molecule has 0 amide bonds. The van der Waals surface area contributed by atoms with Crippen molar-refractivity contribution in [2.24, 2.45) is 35.0 Å². The van der Waals surface area contributed by atoms with Crippen LogP contribution in [-0.2, 0) is 14.2 Å². The van der Waals surface area contributed by atoms with Gasteiger partial charge in [0.25, 0.3) is 0 Å². The van der Waals surface area contributed by atoms with Crippen LogP contribution in [0.3, 0.4) is 0 Å². The van der Waals surface area contributed by atoms with Crippen LogP contribution in [0.2, 0.25) is 0 Å². The molecule has 0 radical (unpaired) electrons. The van der Waals surface area contributed by atoms with E-state index in [4.69, 9.17) is 14.2 Å². The third-order valence-electron chi connectivity index (χ3n) is 6.79. The molecule has 0 aromatic rings. The Bertz CT molecular complexity index is 332. The molecule has 4 saturated carbocycles. The Balaban J connectivity index is 1.64. The summed E-state index contributed by atoms with van der Waals surface area (Å²) in [7, 11) is 3.57. The van der Waals surface area contributed by atoms with Crippen LogP contribution < -0.4 is 0 Å². The first kappa shape index (κ1) is 16.7. The van der Waals surface area contributed by atoms with Gasteiger partial charge in [0.2, 0.25) is 0 Å². The van der Waals surface area contributed by atoms with Crippen LogP contribution in [0.5, 0.6) is 0 Å². The first-order valence-corrected chi connectivity index (χ1v) is 9.17. The summed E-state index contributed by atoms with van der Waals surface area (Å²) in [5, 5.41) is 0. The fourth-order valence-electron chi connectivity index (χ4n) is 5.61. The van der Waals surface area contributed by atoms with Crippen LogP contribution in [0.4, 0.5) is 0 Å². The summed E-state index contributed by atoms with van der Waals surface area (Å²) < 4.78 is 17.6. The molecule has 0 heterocycles. The van der Waals surface area contributed by atoms with E-state index in [2.05, 4.69) is 13.8 Å². The maximum absolute atomic E-state index is 6.59. The van der Waals surface area contributed by atoms with E-state index in [1.54, 1.807) is 14.2 Å². The average Bonchev–Trinajstić information content (AvgIpc) is 2.45. The van der Waals surface area contributed by atoms with Gasteiger partial charge in [0.15, 0.2) is 0 Å². The third kappa shape index (κ3) is 3.09. The quantitative estimate of drug-likeness (QED) is 0.683. The van der Waals surface area contributed by atoms with E-state index in [-0.39, 0.29) is 5.41 Å². The molecule has 0 aromatic heterocycles. The summed E-state index contributed by atoms with van der Waals surface area (Å²) in [5.41, 5.74) is -0.0157. The molecule has 4 bridgehead atoms. The van der Waals surface area contributed by atoms with Gasteiger partial charge in [-0.15, -0.1) is 0 Å². The number of rotatable bonds is 8. The van der Waals surface area contributed by atoms with Crippen molar-refractivity contribution >= 4 is 0 Å². The van der Waals surface area contributed by atoms with Crippen molar-refractivity contribution < 1.29 is 14.2 Å². The summed E-state index contributed by atoms with van der Waals surface area (Å²) in [6.45, 7) is 6.73. The Morgan fingerprint density at radius 1 is 0.818 bits per heavy atom. The van der Waals surface area contributed by atoms with Crippen LogP contribution in [0.15, 0.2) is 0 Å². The zero-order valence-corrected chi connectivity index (χ0v) is 14.8. The first-order valence-electron chi connectivity index (χ1n) is 9.17. The summed E-state index contributed by atoms with van der Waals surface area (Å²) >= 11 is 0. The summed E-state index contributed by atoms with van der Waals surface area (Å²) in [6.07, 6.45) is 7.67. The number of ether oxygens (including phenoxy) is 3. The molecule has 4 aliphatic carbocycles. The highest BCUT2D eigenvalue weighted by molar-refractivity contribution is 4.99. The Morgan fingerprint density at radius 2 is 1.32 bits per heavy atom. The zero-order chi connectivity index (χ0) is 15.7. The minimum Gasteiger partial charge on any atom is -0.384 e. The van der Waals surface area contributed by atoms with Gasteiger partial charge in [-0.2, -0.15) is 0 Å². The van der Waals surface area contributed by atoms with Crippen LogP contribution in [-0.4, -0.2) is 40.1 Å². The lowest BCUT2D eigenvalue weighted by atomic mass is 9.55. The second-order valence-electron chi connectivity index (χ2n) is 8.59. The van der Waals surface area contributed by atoms with Gasteiger partial charge in [0.05, 0.1) is 25.9 Å². The maximum Gasteiger partial charge on any atom is 0.0632 e. The second kappa shape index (κ2) is 6.78. The largest absolute Gasteiger partial charge is 0.384 e. The topological polar surface area (TPSA) is 27.7 Å². The molecule has 4 fully saturated rings. The SMILES string of the molecule is COCC(COC)(COC1C2CC3CC(C2)CC1C3)C(C)C. The van der Waals surface area contributed by atoms with E-state index in [9.17, 15) is 0 Å². The Hall–Kier alpha value is -0.120. The molecule has 0 aromatic carbocycles. The Kier molecular flexibility index (Phi) is 5.16. The zero-order valence-electron chi connectivity index (χ0n) is 14.8. The molecule has 4 rings (SSSR count). The fourth-order valence-corrected chi connectivity index (χ4v) is 5.61. The molecule has 0 aliphatic heterocycles. The predicted octanol–water partition coefficient (Wildman–Crippen LogP) is 3.76. The van der Waals surface area contributed by atoms with E-state index >= 15 is 0 Å². The van der Waals surface area contributed by atoms with E-state index in [1.165, 1.54) is 32.1 Å². The smallest absolute Gasteiger partial charge is 0.0632 e. The first-order chi connectivity index (χ1) is 10.6. The standard InChI is InChI=1S/C19H34O3/c1-13(2)19(10-20-3,11-21-4)12-22-18-16-6-14-5-15(8-16)9-17(18)7-14/h13-18H,5-12H2,1-4H3. The predicted molar refractivity (Wildman–Crippen MR) is 87.8 cm³/mol. The molecular formula is C19H34O3. The van der Waals surface area contributed by atoms with Crippen LogP contribution >= 0.6 is 0 Å². The molecular weight excluding hydrogens is 276 g/mol. The van der Waals surface area contributed by atoms with Crippen molar-refractivity contribution in [3.05, 3.63) is 0 Å². The Labute approximate surface area is 136 Å². The minimum absolute atomic E-state index is 0.0157. The highest BCUT2D eigenvalue weighted by Gasteiger charge is 2.49. The van der Waals surface area contributed by atoms with E-state index in [1.807, 2.05) is 0 Å². The number of hydrogen-bond donors (Lipinski definition) is 0. The lowest BCUT2D eigenvalue weighted by Gasteiger charge is -2.54. The summed E-state index contributed by atoms with van der Waals surface area (Å²) in [5.74, 6) is 4.16. The van der Waals surface area contributed by atoms with Gasteiger partial charge in [0, 0.05) is 19.6 Å². The second-order valence-corrected chi connectivity index (χ2v) is 8.59. The molecule has 0 N–H and O–H groups in total. The Morgan fingerprint density at radius 3 is 1.73 bits per heavy atom. The molecule has 22 heavy (non-hydrogen) atoms. The highest BCUT2D eigenvalue weighted by Crippen LogP contribution is 2.54. The van der Waals surface area contributed by atoms with Crippen molar-refractivity contribution in [1.82, 2.24) is 0 Å². The highest BCUT2D eigenvalue weighted by atomic mass is 16.5. The van der Waals surface area contributed by atoms with Crippen molar-refractivity contribution in [3.63, 3.8) is 0 Å². The van der Waals surface area contributed by atoms with Crippen molar-refractivity contribution in [1.29, 1.82) is 0 Å². The van der Waals surface area contributed by atoms with Crippen LogP contribution in [0.25, 0.3) is 0 Å². The fraction of sp³-hybridized carbons (Fsp3) is 1.00. The normalized spacial score (nSPS) is 37.2. The maximum atomic E-state index is 6.59. The van der Waals surface area contributed by atoms with Crippen molar-refractivity contribution in [2.45, 2.75) is 52.1 Å². The summed E-state index contributed by atoms with van der Waals surface area (Å²) in [4.78, 5) is 0. The molecule has 3 heteroatoms. The molecule has 0 unspecified atom stereocenters. The lowest BCUT2D eigenvalue weighted by molar-refractivity contribution is -0.163. The lowest BCUT2D eigenvalue weighted by Crippen LogP contribution is -2.51. The van der Waals surface area contributed by atoms with Crippen molar-refractivity contribution in [2.75, 3.05) is 34.0 Å². The third-order valence-corrected chi connectivity index (χ3v) is 6.79. The van der Waals surface area contributed by atoms with Gasteiger partial charge in [-0.05, 0) is 61.7 Å². The molecule has 128 valence electrons. The van der Waals surface area contributed by atoms with Crippen LogP contribution in [0.1, 0.15) is 46.0 Å². The molecule has 0 atom stereocenters. The van der Waals surface area contributed by atoms with Gasteiger partial charge >= 0.3 is 0 Å². The van der Waals surface area contributed by atoms with Gasteiger partial charge in [-0.1, -0.05) is 13.8 Å². The molecule has 4 aliphatic rings. The van der Waals surface area contributed by atoms with Crippen molar-refractivity contribution in [3.8, 4) is 0 Å². The van der Waals surface area contributed by atoms with E-state index < -0.39 is 0 Å². The minimum atomic E-state index is -0.0157.